The number of benzene rings is 9. The summed E-state index contributed by atoms with van der Waals surface area (Å²) in [5.41, 5.74) is -11.6. The first-order chi connectivity index (χ1) is 39.5. The van der Waals surface area contributed by atoms with Crippen LogP contribution in [-0.2, 0) is 5.41 Å². The van der Waals surface area contributed by atoms with Crippen LogP contribution in [0.1, 0.15) is 57.9 Å². The zero-order chi connectivity index (χ0) is 60.8. The van der Waals surface area contributed by atoms with Gasteiger partial charge in [0.1, 0.15) is 22.3 Å². The second kappa shape index (κ2) is 12.7. The maximum Gasteiger partial charge on any atom is 0.136 e. The molecule has 0 aliphatic heterocycles. The van der Waals surface area contributed by atoms with Crippen LogP contribution in [0.15, 0.2) is 221 Å². The number of furan rings is 2. The van der Waals surface area contributed by atoms with E-state index >= 15 is 0 Å². The highest BCUT2D eigenvalue weighted by atomic mass is 16.3. The fourth-order valence-electron chi connectivity index (χ4n) is 7.77. The second-order valence-electron chi connectivity index (χ2n) is 13.2. The Hall–Kier alpha value is -7.62. The van der Waals surface area contributed by atoms with Gasteiger partial charge in [-0.25, -0.2) is 0 Å². The molecule has 3 nitrogen and oxygen atoms in total. The van der Waals surface area contributed by atoms with Crippen LogP contribution in [-0.4, -0.2) is 0 Å². The van der Waals surface area contributed by atoms with E-state index in [-0.39, 0.29) is 44.6 Å². The molecule has 0 unspecified atom stereocenters. The lowest BCUT2D eigenvalue weighted by Crippen LogP contribution is -2.28. The van der Waals surface area contributed by atoms with Gasteiger partial charge in [-0.3, -0.25) is 0 Å². The monoisotopic (exact) mass is 767 g/mol. The number of anilines is 3. The van der Waals surface area contributed by atoms with E-state index in [4.69, 9.17) is 25.3 Å². The van der Waals surface area contributed by atoms with Gasteiger partial charge in [-0.2, -0.15) is 0 Å². The third-order valence-electron chi connectivity index (χ3n) is 10.2. The number of fused-ring (bicyclic) bond motifs is 9. The Morgan fingerprint density at radius 1 is 0.397 bits per heavy atom. The lowest BCUT2D eigenvalue weighted by Gasteiger charge is -2.35. The minimum absolute atomic E-state index is 0.0856. The Morgan fingerprint density at radius 3 is 1.97 bits per heavy atom. The van der Waals surface area contributed by atoms with Crippen molar-refractivity contribution in [3.8, 4) is 22.3 Å². The van der Waals surface area contributed by atoms with Crippen LogP contribution < -0.4 is 4.90 Å². The predicted molar refractivity (Wildman–Crippen MR) is 238 cm³/mol. The summed E-state index contributed by atoms with van der Waals surface area (Å²) in [5.74, 6) is 0. The van der Waals surface area contributed by atoms with Crippen molar-refractivity contribution in [2.45, 2.75) is 5.41 Å². The number of rotatable bonds is 6. The van der Waals surface area contributed by atoms with Gasteiger partial charge in [0.2, 0.25) is 0 Å². The van der Waals surface area contributed by atoms with Crippen molar-refractivity contribution < 1.29 is 44.5 Å². The van der Waals surface area contributed by atoms with Crippen molar-refractivity contribution in [2.24, 2.45) is 0 Å². The fourth-order valence-corrected chi connectivity index (χ4v) is 7.77. The molecule has 1 aliphatic rings. The van der Waals surface area contributed by atoms with Gasteiger partial charge in [-0.05, 0) is 99.5 Å². The molecule has 3 heteroatoms. The number of hydrogen-bond donors (Lipinski definition) is 0. The molecule has 0 amide bonds. The molecule has 58 heavy (non-hydrogen) atoms. The first kappa shape index (κ1) is 16.1. The topological polar surface area (TPSA) is 29.5 Å². The summed E-state index contributed by atoms with van der Waals surface area (Å²) >= 11 is 0. The van der Waals surface area contributed by atoms with Gasteiger partial charge in [-0.15, -0.1) is 0 Å². The van der Waals surface area contributed by atoms with E-state index in [1.54, 1.807) is 24.3 Å². The Kier molecular flexibility index (Phi) is 3.52. The summed E-state index contributed by atoms with van der Waals surface area (Å²) in [4.78, 5) is 0.923. The molecular formula is C55H35NO2. The molecule has 0 N–H and O–H groups in total. The Morgan fingerprint density at radius 2 is 1.10 bits per heavy atom. The van der Waals surface area contributed by atoms with E-state index < -0.39 is 218 Å². The van der Waals surface area contributed by atoms with Crippen molar-refractivity contribution in [1.82, 2.24) is 0 Å². The smallest absolute Gasteiger partial charge is 0.136 e. The summed E-state index contributed by atoms with van der Waals surface area (Å²) in [6.45, 7) is 0. The van der Waals surface area contributed by atoms with E-state index in [0.717, 1.165) is 23.1 Å². The van der Waals surface area contributed by atoms with E-state index in [0.29, 0.717) is 5.39 Å². The quantitative estimate of drug-likeness (QED) is 0.169. The minimum Gasteiger partial charge on any atom is -0.456 e. The molecule has 0 saturated heterocycles. The van der Waals surface area contributed by atoms with Crippen LogP contribution in [0.3, 0.4) is 0 Å². The molecular weight excluding hydrogens is 707 g/mol. The zero-order valence-electron chi connectivity index (χ0n) is 55.5. The summed E-state index contributed by atoms with van der Waals surface area (Å²) in [6, 6.07) is -11.2. The molecule has 272 valence electrons. The SMILES string of the molecule is [2H]c1cc(N(c2ccc3oc4ccccc4c3c2[2H])c2c([2H])c([2H])c3c(c2[2H])C(c2c([2H])c([2H])c([2H])c([2H])c2[2H])(c2c([2H])c([2H])c([2H])c([2H])c2[2H])c2c([2H])c([2H])c([2H])c([2H])c2-3)c(-c2cc([2H])c3c(oc4c([2H])c([2H])cc([2H])c43)c2[2H])c([2H])c1[2H]. The van der Waals surface area contributed by atoms with Gasteiger partial charge in [-0.1, -0.05) is 151 Å². The third kappa shape index (κ3) is 4.74. The van der Waals surface area contributed by atoms with Gasteiger partial charge in [0.15, 0.2) is 0 Å². The van der Waals surface area contributed by atoms with Gasteiger partial charge >= 0.3 is 0 Å². The third-order valence-corrected chi connectivity index (χ3v) is 10.2. The maximum absolute atomic E-state index is 10.8. The van der Waals surface area contributed by atoms with Crippen LogP contribution in [0.4, 0.5) is 17.1 Å². The Labute approximate surface area is 372 Å². The van der Waals surface area contributed by atoms with Crippen molar-refractivity contribution in [1.29, 1.82) is 0 Å². The van der Waals surface area contributed by atoms with E-state index in [9.17, 15) is 19.2 Å². The van der Waals surface area contributed by atoms with Crippen molar-refractivity contribution >= 4 is 60.9 Å². The maximum atomic E-state index is 10.8. The van der Waals surface area contributed by atoms with Crippen molar-refractivity contribution in [3.05, 3.63) is 234 Å². The average molecular weight is 768 g/mol. The average Bonchev–Trinajstić information content (AvgIpc) is 1.45. The normalized spacial score (nSPS) is 19.2. The van der Waals surface area contributed by atoms with Crippen LogP contribution in [0.25, 0.3) is 66.1 Å². The fraction of sp³-hybridized carbons (Fsp3) is 0.0182. The molecule has 2 heterocycles. The van der Waals surface area contributed by atoms with Gasteiger partial charge in [0.25, 0.3) is 0 Å². The molecule has 0 radical (unpaired) electrons. The van der Waals surface area contributed by atoms with E-state index in [1.807, 2.05) is 0 Å². The lowest BCUT2D eigenvalue weighted by atomic mass is 9.67. The second-order valence-corrected chi connectivity index (χ2v) is 13.2. The molecule has 1 aliphatic carbocycles. The van der Waals surface area contributed by atoms with Gasteiger partial charge in [0.05, 0.1) is 46.7 Å². The van der Waals surface area contributed by atoms with Crippen molar-refractivity contribution in [2.75, 3.05) is 4.90 Å². The number of nitrogens with zero attached hydrogens (tertiary/aromatic N) is 1. The minimum atomic E-state index is -3.26. The molecule has 12 rings (SSSR count). The molecule has 0 saturated carbocycles. The van der Waals surface area contributed by atoms with Crippen LogP contribution >= 0.6 is 0 Å². The molecule has 0 fully saturated rings. The summed E-state index contributed by atoms with van der Waals surface area (Å²) in [5, 5.41) is 0.176. The largest absolute Gasteiger partial charge is 0.456 e. The summed E-state index contributed by atoms with van der Waals surface area (Å²) in [7, 11) is 0. The van der Waals surface area contributed by atoms with Gasteiger partial charge < -0.3 is 13.7 Å². The first-order valence-electron chi connectivity index (χ1n) is 30.7. The highest BCUT2D eigenvalue weighted by molar-refractivity contribution is 6.08. The van der Waals surface area contributed by atoms with Crippen LogP contribution in [0.2, 0.25) is 0 Å². The molecule has 2 aromatic heterocycles. The summed E-state index contributed by atoms with van der Waals surface area (Å²) in [6.07, 6.45) is 0. The lowest BCUT2D eigenvalue weighted by molar-refractivity contribution is 0.668. The summed E-state index contributed by atoms with van der Waals surface area (Å²) < 4.78 is 255. The molecule has 0 spiro atoms. The highest BCUT2D eigenvalue weighted by Crippen LogP contribution is 2.57. The van der Waals surface area contributed by atoms with E-state index in [1.165, 1.54) is 12.1 Å². The molecule has 11 aromatic rings. The molecule has 0 bridgehead atoms. The number of hydrogen-bond acceptors (Lipinski definition) is 3. The van der Waals surface area contributed by atoms with Crippen LogP contribution in [0.5, 0.6) is 0 Å². The zero-order valence-corrected chi connectivity index (χ0v) is 29.5. The Balaban J connectivity index is 1.34. The van der Waals surface area contributed by atoms with Crippen molar-refractivity contribution in [3.63, 3.8) is 0 Å². The van der Waals surface area contributed by atoms with E-state index in [2.05, 4.69) is 0 Å². The molecule has 9 aromatic carbocycles. The number of para-hydroxylation sites is 3. The first-order valence-corrected chi connectivity index (χ1v) is 17.7. The predicted octanol–water partition coefficient (Wildman–Crippen LogP) is 15.0. The van der Waals surface area contributed by atoms with Crippen LogP contribution in [0, 0.1) is 0 Å². The standard InChI is InChI=1S/C55H35NO2/c1-3-15-37(16-4-1)55(38-17-5-2-6-18-38)48-23-11-7-20-42(48)43-31-28-40(35-49(43)55)56(39-29-32-53-47(34-39)45-22-10-14-26-52(45)57-53)50-24-12-8-19-41(50)36-27-30-46-44-21-9-13-25-51(44)58-54(46)33-36/h1-35H/i1D,2D,3D,4D,5D,6D,7D,8D,11D,12D,13D,15D,16D,17D,18D,19D,20D,21D,23D,25D,28D,30D,31D,33D,34D,35D. The Bertz CT molecular complexity index is 4770. The highest BCUT2D eigenvalue weighted by Gasteiger charge is 2.46. The van der Waals surface area contributed by atoms with Gasteiger partial charge in [0, 0.05) is 38.5 Å². The molecule has 0 atom stereocenters.